The molecule has 0 saturated carbocycles. The minimum atomic E-state index is 0.402. The quantitative estimate of drug-likeness (QED) is 0.777. The third kappa shape index (κ3) is 2.05. The van der Waals surface area contributed by atoms with E-state index < -0.39 is 0 Å². The average molecular weight is 215 g/mol. The van der Waals surface area contributed by atoms with Crippen LogP contribution in [0.5, 0.6) is 5.75 Å². The fourth-order valence-corrected chi connectivity index (χ4v) is 2.31. The summed E-state index contributed by atoms with van der Waals surface area (Å²) in [4.78, 5) is 0. The van der Waals surface area contributed by atoms with Gasteiger partial charge in [-0.25, -0.2) is 0 Å². The molecule has 1 heterocycles. The maximum atomic E-state index is 5.68. The van der Waals surface area contributed by atoms with E-state index in [0.717, 1.165) is 25.2 Å². The number of likely N-dealkylation sites (N-methyl/N-ethyl adjacent to an activating group) is 1. The number of hydrogen-bond acceptors (Lipinski definition) is 2. The first kappa shape index (κ1) is 11.0. The van der Waals surface area contributed by atoms with Crippen LogP contribution in [0.15, 0.2) is 24.3 Å². The van der Waals surface area contributed by atoms with E-state index in [4.69, 9.17) is 11.2 Å². The molecule has 0 saturated heterocycles. The Morgan fingerprint density at radius 2 is 2.38 bits per heavy atom. The van der Waals surface area contributed by atoms with Crippen molar-refractivity contribution >= 4 is 0 Å². The molecule has 0 radical (unpaired) electrons. The number of nitrogens with one attached hydrogen (secondary N) is 1. The van der Waals surface area contributed by atoms with E-state index in [-0.39, 0.29) is 0 Å². The van der Waals surface area contributed by atoms with Crippen molar-refractivity contribution in [1.82, 2.24) is 5.32 Å². The molecule has 2 nitrogen and oxygen atoms in total. The van der Waals surface area contributed by atoms with Crippen LogP contribution in [0.4, 0.5) is 0 Å². The van der Waals surface area contributed by atoms with Crippen molar-refractivity contribution in [1.29, 1.82) is 0 Å². The second-order valence-electron chi connectivity index (χ2n) is 4.09. The van der Waals surface area contributed by atoms with E-state index in [1.54, 1.807) is 0 Å². The summed E-state index contributed by atoms with van der Waals surface area (Å²) in [6.07, 6.45) is 7.12. The van der Waals surface area contributed by atoms with Gasteiger partial charge in [0.05, 0.1) is 6.61 Å². The molecule has 2 unspecified atom stereocenters. The van der Waals surface area contributed by atoms with Crippen molar-refractivity contribution in [2.45, 2.75) is 24.8 Å². The van der Waals surface area contributed by atoms with Crippen LogP contribution in [-0.4, -0.2) is 19.7 Å². The third-order valence-electron chi connectivity index (χ3n) is 3.19. The van der Waals surface area contributed by atoms with Crippen LogP contribution in [0, 0.1) is 12.3 Å². The zero-order valence-corrected chi connectivity index (χ0v) is 9.57. The van der Waals surface area contributed by atoms with Gasteiger partial charge in [-0.15, -0.1) is 12.3 Å². The molecular weight excluding hydrogens is 198 g/mol. The van der Waals surface area contributed by atoms with E-state index in [1.807, 2.05) is 19.2 Å². The second kappa shape index (κ2) is 5.05. The number of hydrogen-bond donors (Lipinski definition) is 1. The Morgan fingerprint density at radius 1 is 1.56 bits per heavy atom. The van der Waals surface area contributed by atoms with Crippen molar-refractivity contribution in [2.24, 2.45) is 0 Å². The highest BCUT2D eigenvalue weighted by Crippen LogP contribution is 2.36. The molecule has 1 aromatic carbocycles. The van der Waals surface area contributed by atoms with Crippen LogP contribution in [0.2, 0.25) is 0 Å². The predicted octanol–water partition coefficient (Wildman–Crippen LogP) is 2.16. The minimum absolute atomic E-state index is 0.402. The highest BCUT2D eigenvalue weighted by molar-refractivity contribution is 5.40. The molecule has 1 aromatic rings. The largest absolute Gasteiger partial charge is 0.493 e. The highest BCUT2D eigenvalue weighted by atomic mass is 16.5. The van der Waals surface area contributed by atoms with Crippen molar-refractivity contribution < 1.29 is 4.74 Å². The summed E-state index contributed by atoms with van der Waals surface area (Å²) in [6.45, 7) is 0.759. The van der Waals surface area contributed by atoms with E-state index in [2.05, 4.69) is 23.4 Å². The van der Waals surface area contributed by atoms with Gasteiger partial charge in [0.15, 0.2) is 0 Å². The summed E-state index contributed by atoms with van der Waals surface area (Å²) >= 11 is 0. The minimum Gasteiger partial charge on any atom is -0.493 e. The van der Waals surface area contributed by atoms with Gasteiger partial charge in [-0.1, -0.05) is 18.2 Å². The smallest absolute Gasteiger partial charge is 0.122 e. The van der Waals surface area contributed by atoms with E-state index >= 15 is 0 Å². The summed E-state index contributed by atoms with van der Waals surface area (Å²) < 4.78 is 5.68. The maximum absolute atomic E-state index is 5.68. The Labute approximate surface area is 97.0 Å². The number of benzene rings is 1. The molecule has 16 heavy (non-hydrogen) atoms. The van der Waals surface area contributed by atoms with Gasteiger partial charge < -0.3 is 10.1 Å². The lowest BCUT2D eigenvalue weighted by atomic mass is 9.90. The van der Waals surface area contributed by atoms with Crippen LogP contribution < -0.4 is 10.1 Å². The van der Waals surface area contributed by atoms with Crippen LogP contribution >= 0.6 is 0 Å². The lowest BCUT2D eigenvalue weighted by molar-refractivity contribution is 0.298. The molecule has 0 aliphatic carbocycles. The summed E-state index contributed by atoms with van der Waals surface area (Å²) in [5.41, 5.74) is 1.30. The predicted molar refractivity (Wildman–Crippen MR) is 65.6 cm³/mol. The maximum Gasteiger partial charge on any atom is 0.122 e. The number of fused-ring (bicyclic) bond motifs is 1. The summed E-state index contributed by atoms with van der Waals surface area (Å²) in [6, 6.07) is 8.65. The zero-order valence-electron chi connectivity index (χ0n) is 9.57. The van der Waals surface area contributed by atoms with Gasteiger partial charge in [-0.2, -0.15) is 0 Å². The second-order valence-corrected chi connectivity index (χ2v) is 4.09. The molecule has 0 bridgehead atoms. The Balaban J connectivity index is 2.14. The Bertz CT molecular complexity index is 394. The molecule has 0 spiro atoms. The number of terminal acetylenes is 1. The SMILES string of the molecule is C#CCCC(NC)C1COc2ccccc21. The standard InChI is InChI=1S/C14H17NO/c1-3-4-8-13(15-2)12-10-16-14-9-6-5-7-11(12)14/h1,5-7,9,12-13,15H,4,8,10H2,2H3. The Morgan fingerprint density at radius 3 is 3.12 bits per heavy atom. The number of ether oxygens (including phenoxy) is 1. The third-order valence-corrected chi connectivity index (χ3v) is 3.19. The molecule has 0 amide bonds. The van der Waals surface area contributed by atoms with Gasteiger partial charge in [-0.05, 0) is 19.5 Å². The van der Waals surface area contributed by atoms with Crippen LogP contribution in [0.3, 0.4) is 0 Å². The van der Waals surface area contributed by atoms with E-state index in [1.165, 1.54) is 5.56 Å². The summed E-state index contributed by atoms with van der Waals surface area (Å²) in [7, 11) is 1.99. The first-order valence-electron chi connectivity index (χ1n) is 5.69. The van der Waals surface area contributed by atoms with Crippen molar-refractivity contribution in [3.05, 3.63) is 29.8 Å². The van der Waals surface area contributed by atoms with Gasteiger partial charge in [0.1, 0.15) is 5.75 Å². The van der Waals surface area contributed by atoms with Gasteiger partial charge in [0.2, 0.25) is 0 Å². The Kier molecular flexibility index (Phi) is 3.48. The highest BCUT2D eigenvalue weighted by Gasteiger charge is 2.29. The fourth-order valence-electron chi connectivity index (χ4n) is 2.31. The fraction of sp³-hybridized carbons (Fsp3) is 0.429. The molecule has 0 aromatic heterocycles. The molecule has 1 aliphatic heterocycles. The van der Waals surface area contributed by atoms with Crippen LogP contribution in [0.1, 0.15) is 24.3 Å². The van der Waals surface area contributed by atoms with Crippen molar-refractivity contribution in [2.75, 3.05) is 13.7 Å². The molecule has 2 heteroatoms. The van der Waals surface area contributed by atoms with Crippen LogP contribution in [0.25, 0.3) is 0 Å². The van der Waals surface area contributed by atoms with Gasteiger partial charge in [0.25, 0.3) is 0 Å². The molecule has 1 N–H and O–H groups in total. The number of para-hydroxylation sites is 1. The molecular formula is C14H17NO. The molecule has 0 fully saturated rings. The molecule has 2 atom stereocenters. The van der Waals surface area contributed by atoms with Crippen molar-refractivity contribution in [3.63, 3.8) is 0 Å². The topological polar surface area (TPSA) is 21.3 Å². The average Bonchev–Trinajstić information content (AvgIpc) is 2.75. The van der Waals surface area contributed by atoms with Gasteiger partial charge >= 0.3 is 0 Å². The van der Waals surface area contributed by atoms with Crippen LogP contribution in [-0.2, 0) is 0 Å². The summed E-state index contributed by atoms with van der Waals surface area (Å²) in [5, 5.41) is 3.34. The lowest BCUT2D eigenvalue weighted by Gasteiger charge is -2.21. The monoisotopic (exact) mass is 215 g/mol. The first-order valence-corrected chi connectivity index (χ1v) is 5.69. The summed E-state index contributed by atoms with van der Waals surface area (Å²) in [5.74, 6) is 4.15. The molecule has 84 valence electrons. The van der Waals surface area contributed by atoms with E-state index in [0.29, 0.717) is 12.0 Å². The molecule has 1 aliphatic rings. The van der Waals surface area contributed by atoms with E-state index in [9.17, 15) is 0 Å². The normalized spacial score (nSPS) is 19.6. The Hall–Kier alpha value is -1.46. The molecule has 2 rings (SSSR count). The zero-order chi connectivity index (χ0) is 11.4. The van der Waals surface area contributed by atoms with Crippen molar-refractivity contribution in [3.8, 4) is 18.1 Å². The number of rotatable bonds is 4. The van der Waals surface area contributed by atoms with Gasteiger partial charge in [-0.3, -0.25) is 0 Å². The van der Waals surface area contributed by atoms with Gasteiger partial charge in [0, 0.05) is 23.9 Å². The lowest BCUT2D eigenvalue weighted by Crippen LogP contribution is -2.32. The first-order chi connectivity index (χ1) is 7.86.